The second-order valence-electron chi connectivity index (χ2n) is 4.18. The van der Waals surface area contributed by atoms with E-state index in [0.717, 1.165) is 12.8 Å². The van der Waals surface area contributed by atoms with Crippen molar-refractivity contribution in [2.45, 2.75) is 18.9 Å². The van der Waals surface area contributed by atoms with Crippen molar-refractivity contribution in [2.24, 2.45) is 11.7 Å². The first-order valence-corrected chi connectivity index (χ1v) is 5.49. The van der Waals surface area contributed by atoms with Gasteiger partial charge < -0.3 is 16.8 Å². The predicted octanol–water partition coefficient (Wildman–Crippen LogP) is 0.721. The maximum atomic E-state index is 10.6. The second-order valence-corrected chi connectivity index (χ2v) is 4.18. The van der Waals surface area contributed by atoms with E-state index in [-0.39, 0.29) is 17.5 Å². The van der Waals surface area contributed by atoms with Gasteiger partial charge in [0.1, 0.15) is 5.82 Å². The molecule has 0 radical (unpaired) electrons. The average molecular weight is 237 g/mol. The number of anilines is 2. The van der Waals surface area contributed by atoms with Crippen molar-refractivity contribution in [3.63, 3.8) is 0 Å². The molecule has 0 spiro atoms. The fourth-order valence-corrected chi connectivity index (χ4v) is 1.76. The summed E-state index contributed by atoms with van der Waals surface area (Å²) in [5.41, 5.74) is 11.0. The van der Waals surface area contributed by atoms with E-state index in [2.05, 4.69) is 10.3 Å². The lowest BCUT2D eigenvalue weighted by Gasteiger charge is -2.16. The third-order valence-electron chi connectivity index (χ3n) is 2.88. The number of nitrogen functional groups attached to an aromatic ring is 1. The van der Waals surface area contributed by atoms with E-state index in [1.165, 1.54) is 6.07 Å². The van der Waals surface area contributed by atoms with E-state index in [4.69, 9.17) is 11.5 Å². The molecule has 92 valence electrons. The highest BCUT2D eigenvalue weighted by Crippen LogP contribution is 2.34. The largest absolute Gasteiger partial charge is 0.378 e. The molecule has 17 heavy (non-hydrogen) atoms. The molecule has 1 unspecified atom stereocenters. The maximum absolute atomic E-state index is 10.6. The summed E-state index contributed by atoms with van der Waals surface area (Å²) in [7, 11) is 0. The zero-order chi connectivity index (χ0) is 12.4. The van der Waals surface area contributed by atoms with Gasteiger partial charge in [0.05, 0.1) is 4.92 Å². The Balaban J connectivity index is 2.11. The Hall–Kier alpha value is -1.89. The average Bonchev–Trinajstić information content (AvgIpc) is 3.09. The monoisotopic (exact) mass is 237 g/mol. The highest BCUT2D eigenvalue weighted by Gasteiger charge is 2.30. The third-order valence-corrected chi connectivity index (χ3v) is 2.88. The SMILES string of the molecule is NCC(Nc1ccc([N+](=O)[O-])c(N)n1)C1CC1. The Bertz CT molecular complexity index is 433. The first-order valence-electron chi connectivity index (χ1n) is 5.49. The van der Waals surface area contributed by atoms with Crippen molar-refractivity contribution in [1.82, 2.24) is 4.98 Å². The molecule has 1 fully saturated rings. The van der Waals surface area contributed by atoms with Crippen LogP contribution in [0.3, 0.4) is 0 Å². The van der Waals surface area contributed by atoms with Crippen LogP contribution in [0.1, 0.15) is 12.8 Å². The van der Waals surface area contributed by atoms with Crippen LogP contribution in [0, 0.1) is 16.0 Å². The van der Waals surface area contributed by atoms with Crippen LogP contribution in [0.15, 0.2) is 12.1 Å². The summed E-state index contributed by atoms with van der Waals surface area (Å²) in [5.74, 6) is 1.04. The minimum Gasteiger partial charge on any atom is -0.378 e. The van der Waals surface area contributed by atoms with Crippen LogP contribution in [-0.4, -0.2) is 22.5 Å². The number of hydrogen-bond donors (Lipinski definition) is 3. The van der Waals surface area contributed by atoms with Gasteiger partial charge in [-0.25, -0.2) is 4.98 Å². The Morgan fingerprint density at radius 3 is 2.76 bits per heavy atom. The van der Waals surface area contributed by atoms with Crippen LogP contribution in [0.5, 0.6) is 0 Å². The number of nitrogens with one attached hydrogen (secondary N) is 1. The number of nitrogens with two attached hydrogens (primary N) is 2. The fourth-order valence-electron chi connectivity index (χ4n) is 1.76. The molecule has 7 heteroatoms. The van der Waals surface area contributed by atoms with Gasteiger partial charge in [0.2, 0.25) is 5.82 Å². The summed E-state index contributed by atoms with van der Waals surface area (Å²) in [5, 5.41) is 13.7. The lowest BCUT2D eigenvalue weighted by Crippen LogP contribution is -2.31. The van der Waals surface area contributed by atoms with Crippen molar-refractivity contribution < 1.29 is 4.92 Å². The topological polar surface area (TPSA) is 120 Å². The molecule has 2 rings (SSSR count). The summed E-state index contributed by atoms with van der Waals surface area (Å²) in [6, 6.07) is 3.08. The van der Waals surface area contributed by atoms with Crippen LogP contribution in [0.2, 0.25) is 0 Å². The number of hydrogen-bond acceptors (Lipinski definition) is 6. The molecule has 0 amide bonds. The third kappa shape index (κ3) is 2.62. The molecule has 1 aromatic heterocycles. The molecule has 1 aliphatic carbocycles. The first-order chi connectivity index (χ1) is 8.11. The molecule has 1 atom stereocenters. The van der Waals surface area contributed by atoms with E-state index < -0.39 is 4.92 Å². The van der Waals surface area contributed by atoms with Crippen LogP contribution in [0.4, 0.5) is 17.3 Å². The van der Waals surface area contributed by atoms with E-state index >= 15 is 0 Å². The van der Waals surface area contributed by atoms with Crippen molar-refractivity contribution in [1.29, 1.82) is 0 Å². The lowest BCUT2D eigenvalue weighted by atomic mass is 10.2. The molecular weight excluding hydrogens is 222 g/mol. The summed E-state index contributed by atoms with van der Waals surface area (Å²) in [6.07, 6.45) is 2.33. The Morgan fingerprint density at radius 1 is 1.59 bits per heavy atom. The van der Waals surface area contributed by atoms with Crippen molar-refractivity contribution >= 4 is 17.3 Å². The molecule has 1 saturated carbocycles. The second kappa shape index (κ2) is 4.54. The maximum Gasteiger partial charge on any atom is 0.311 e. The van der Waals surface area contributed by atoms with E-state index in [0.29, 0.717) is 18.3 Å². The highest BCUT2D eigenvalue weighted by atomic mass is 16.6. The van der Waals surface area contributed by atoms with Crippen molar-refractivity contribution in [2.75, 3.05) is 17.6 Å². The smallest absolute Gasteiger partial charge is 0.311 e. The first kappa shape index (κ1) is 11.6. The molecular formula is C10H15N5O2. The minimum atomic E-state index is -0.548. The summed E-state index contributed by atoms with van der Waals surface area (Å²) in [6.45, 7) is 0.517. The van der Waals surface area contributed by atoms with Gasteiger partial charge in [-0.3, -0.25) is 10.1 Å². The van der Waals surface area contributed by atoms with Gasteiger partial charge in [-0.15, -0.1) is 0 Å². The zero-order valence-corrected chi connectivity index (χ0v) is 9.30. The number of rotatable bonds is 5. The standard InChI is InChI=1S/C10H15N5O2/c11-5-7(6-1-2-6)13-9-4-3-8(15(16)17)10(12)14-9/h3-4,6-7H,1-2,5,11H2,(H3,12,13,14). The lowest BCUT2D eigenvalue weighted by molar-refractivity contribution is -0.384. The van der Waals surface area contributed by atoms with Crippen molar-refractivity contribution in [3.8, 4) is 0 Å². The summed E-state index contributed by atoms with van der Waals surface area (Å²) < 4.78 is 0. The van der Waals surface area contributed by atoms with E-state index in [1.54, 1.807) is 6.07 Å². The number of pyridine rings is 1. The summed E-state index contributed by atoms with van der Waals surface area (Å²) >= 11 is 0. The van der Waals surface area contributed by atoms with Gasteiger partial charge in [0.25, 0.3) is 0 Å². The van der Waals surface area contributed by atoms with E-state index in [9.17, 15) is 10.1 Å². The molecule has 7 nitrogen and oxygen atoms in total. The van der Waals surface area contributed by atoms with Gasteiger partial charge in [-0.05, 0) is 24.8 Å². The quantitative estimate of drug-likeness (QED) is 0.512. The molecule has 0 aliphatic heterocycles. The van der Waals surface area contributed by atoms with Crippen molar-refractivity contribution in [3.05, 3.63) is 22.2 Å². The summed E-state index contributed by atoms with van der Waals surface area (Å²) in [4.78, 5) is 14.0. The molecule has 1 aliphatic rings. The van der Waals surface area contributed by atoms with Gasteiger partial charge >= 0.3 is 5.69 Å². The van der Waals surface area contributed by atoms with Gasteiger partial charge in [-0.2, -0.15) is 0 Å². The van der Waals surface area contributed by atoms with Crippen LogP contribution < -0.4 is 16.8 Å². The van der Waals surface area contributed by atoms with Gasteiger partial charge in [0.15, 0.2) is 0 Å². The fraction of sp³-hybridized carbons (Fsp3) is 0.500. The Morgan fingerprint density at radius 2 is 2.29 bits per heavy atom. The molecule has 5 N–H and O–H groups in total. The minimum absolute atomic E-state index is 0.0773. The molecule has 1 aromatic rings. The Labute approximate surface area is 98.4 Å². The van der Waals surface area contributed by atoms with Crippen LogP contribution >= 0.6 is 0 Å². The molecule has 0 bridgehead atoms. The predicted molar refractivity (Wildman–Crippen MR) is 64.5 cm³/mol. The highest BCUT2D eigenvalue weighted by molar-refractivity contribution is 5.57. The molecule has 0 aromatic carbocycles. The Kier molecular flexibility index (Phi) is 3.10. The zero-order valence-electron chi connectivity index (χ0n) is 9.30. The number of aromatic nitrogens is 1. The number of nitrogens with zero attached hydrogens (tertiary/aromatic N) is 2. The van der Waals surface area contributed by atoms with Crippen LogP contribution in [-0.2, 0) is 0 Å². The van der Waals surface area contributed by atoms with Crippen LogP contribution in [0.25, 0.3) is 0 Å². The van der Waals surface area contributed by atoms with Gasteiger partial charge in [-0.1, -0.05) is 0 Å². The normalized spacial score (nSPS) is 16.5. The molecule has 0 saturated heterocycles. The number of nitro groups is 1. The molecule has 1 heterocycles. The van der Waals surface area contributed by atoms with Gasteiger partial charge in [0, 0.05) is 18.7 Å². The van der Waals surface area contributed by atoms with E-state index in [1.807, 2.05) is 0 Å².